The zero-order chi connectivity index (χ0) is 23.1. The van der Waals surface area contributed by atoms with Crippen molar-refractivity contribution in [3.63, 3.8) is 0 Å². The van der Waals surface area contributed by atoms with Crippen LogP contribution in [0.1, 0.15) is 17.2 Å². The van der Waals surface area contributed by atoms with E-state index in [9.17, 15) is 26.0 Å². The third-order valence-electron chi connectivity index (χ3n) is 5.25. The summed E-state index contributed by atoms with van der Waals surface area (Å²) >= 11 is 0. The molecule has 2 aromatic heterocycles. The van der Waals surface area contributed by atoms with Crippen LogP contribution in [-0.2, 0) is 23.2 Å². The van der Waals surface area contributed by atoms with Gasteiger partial charge in [-0.3, -0.25) is 0 Å². The lowest BCUT2D eigenvalue weighted by Crippen LogP contribution is -2.32. The molecule has 4 rings (SSSR count). The molecule has 12 heteroatoms. The predicted molar refractivity (Wildman–Crippen MR) is 108 cm³/mol. The third kappa shape index (κ3) is 4.32. The topological polar surface area (TPSA) is 80.1 Å². The van der Waals surface area contributed by atoms with E-state index in [1.54, 1.807) is 13.1 Å². The van der Waals surface area contributed by atoms with Crippen molar-refractivity contribution in [2.75, 3.05) is 18.4 Å². The molecule has 0 bridgehead atoms. The van der Waals surface area contributed by atoms with Gasteiger partial charge in [0.25, 0.3) is 10.0 Å². The van der Waals surface area contributed by atoms with E-state index in [1.165, 1.54) is 47.4 Å². The van der Waals surface area contributed by atoms with Crippen LogP contribution in [-0.4, -0.2) is 46.4 Å². The van der Waals surface area contributed by atoms with Crippen molar-refractivity contribution in [1.82, 2.24) is 18.8 Å². The first-order valence-electron chi connectivity index (χ1n) is 9.59. The molecule has 0 saturated carbocycles. The van der Waals surface area contributed by atoms with Crippen molar-refractivity contribution in [3.05, 3.63) is 72.1 Å². The number of anilines is 1. The van der Waals surface area contributed by atoms with Crippen LogP contribution < -0.4 is 5.32 Å². The Morgan fingerprint density at radius 3 is 2.50 bits per heavy atom. The molecule has 3 heterocycles. The second-order valence-corrected chi connectivity index (χ2v) is 9.37. The van der Waals surface area contributed by atoms with E-state index >= 15 is 0 Å². The number of nitrogens with zero attached hydrogens (tertiary/aromatic N) is 4. The van der Waals surface area contributed by atoms with E-state index in [2.05, 4.69) is 15.3 Å². The molecule has 0 spiro atoms. The summed E-state index contributed by atoms with van der Waals surface area (Å²) in [5, 5.41) is 2.72. The van der Waals surface area contributed by atoms with Gasteiger partial charge < -0.3 is 9.88 Å². The zero-order valence-corrected chi connectivity index (χ0v) is 17.6. The van der Waals surface area contributed by atoms with Gasteiger partial charge in [0.05, 0.1) is 6.33 Å². The van der Waals surface area contributed by atoms with Crippen LogP contribution >= 0.6 is 0 Å². The van der Waals surface area contributed by atoms with Gasteiger partial charge in [0, 0.05) is 38.3 Å². The largest absolute Gasteiger partial charge is 0.433 e. The normalized spacial score (nSPS) is 19.9. The van der Waals surface area contributed by atoms with Gasteiger partial charge in [-0.25, -0.2) is 22.8 Å². The highest BCUT2D eigenvalue weighted by molar-refractivity contribution is 7.89. The summed E-state index contributed by atoms with van der Waals surface area (Å²) in [4.78, 5) is 7.49. The average Bonchev–Trinajstić information content (AvgIpc) is 3.35. The number of aryl methyl sites for hydroxylation is 1. The van der Waals surface area contributed by atoms with Gasteiger partial charge in [-0.2, -0.15) is 17.5 Å². The van der Waals surface area contributed by atoms with E-state index in [-0.39, 0.29) is 29.5 Å². The highest BCUT2D eigenvalue weighted by Crippen LogP contribution is 2.35. The molecule has 2 atom stereocenters. The molecule has 32 heavy (non-hydrogen) atoms. The quantitative estimate of drug-likeness (QED) is 0.581. The second-order valence-electron chi connectivity index (χ2n) is 7.48. The summed E-state index contributed by atoms with van der Waals surface area (Å²) in [5.74, 6) is -1.27. The highest BCUT2D eigenvalue weighted by Gasteiger charge is 2.42. The molecule has 1 fully saturated rings. The highest BCUT2D eigenvalue weighted by atomic mass is 32.2. The maximum absolute atomic E-state index is 14.5. The Balaban J connectivity index is 1.68. The number of nitrogens with one attached hydrogen (secondary N) is 1. The molecule has 1 N–H and O–H groups in total. The van der Waals surface area contributed by atoms with E-state index in [4.69, 9.17) is 0 Å². The van der Waals surface area contributed by atoms with Crippen molar-refractivity contribution >= 4 is 15.8 Å². The number of rotatable bonds is 5. The molecule has 7 nitrogen and oxygen atoms in total. The number of sulfonamides is 1. The van der Waals surface area contributed by atoms with Gasteiger partial charge in [0.1, 0.15) is 17.3 Å². The number of imidazole rings is 1. The number of pyridine rings is 1. The number of aromatic nitrogens is 3. The Kier molecular flexibility index (Phi) is 5.67. The average molecular weight is 469 g/mol. The molecule has 0 radical (unpaired) electrons. The fourth-order valence-electron chi connectivity index (χ4n) is 3.72. The predicted octanol–water partition coefficient (Wildman–Crippen LogP) is 3.24. The van der Waals surface area contributed by atoms with Gasteiger partial charge in [-0.05, 0) is 23.8 Å². The third-order valence-corrected chi connectivity index (χ3v) is 6.97. The first-order valence-corrected chi connectivity index (χ1v) is 11.0. The lowest BCUT2D eigenvalue weighted by Gasteiger charge is -2.21. The Morgan fingerprint density at radius 1 is 1.09 bits per heavy atom. The van der Waals surface area contributed by atoms with Crippen molar-refractivity contribution in [2.45, 2.75) is 23.2 Å². The molecule has 0 amide bonds. The summed E-state index contributed by atoms with van der Waals surface area (Å²) < 4.78 is 82.4. The SMILES string of the molecule is Cn1cnc(S(=O)(=O)N2C[C@@H](Nc3cccc(C(F)(F)F)n3)[C@H](c3ccccc3F)C2)c1. The molecule has 1 saturated heterocycles. The molecule has 170 valence electrons. The standard InChI is InChI=1S/C20H19F4N5O2S/c1-28-11-19(25-12-28)32(30,31)29-9-14(13-5-2-3-6-15(13)21)16(10-29)26-18-8-4-7-17(27-18)20(22,23)24/h2-8,11-12,14,16H,9-10H2,1H3,(H,26,27)/t14-,16+/m0/s1. The van der Waals surface area contributed by atoms with E-state index < -0.39 is 39.7 Å². The number of hydrogen-bond donors (Lipinski definition) is 1. The lowest BCUT2D eigenvalue weighted by atomic mass is 9.94. The maximum atomic E-state index is 14.5. The minimum Gasteiger partial charge on any atom is -0.365 e. The Labute approximate surface area is 181 Å². The molecule has 1 aliphatic rings. The van der Waals surface area contributed by atoms with Crippen LogP contribution in [0, 0.1) is 5.82 Å². The van der Waals surface area contributed by atoms with Gasteiger partial charge >= 0.3 is 6.18 Å². The van der Waals surface area contributed by atoms with Crippen molar-refractivity contribution in [2.24, 2.45) is 7.05 Å². The van der Waals surface area contributed by atoms with Crippen LogP contribution in [0.2, 0.25) is 0 Å². The summed E-state index contributed by atoms with van der Waals surface area (Å²) in [7, 11) is -2.36. The summed E-state index contributed by atoms with van der Waals surface area (Å²) in [6.45, 7) is -0.174. The molecule has 3 aromatic rings. The van der Waals surface area contributed by atoms with Crippen molar-refractivity contribution in [1.29, 1.82) is 0 Å². The Bertz CT molecular complexity index is 1230. The van der Waals surface area contributed by atoms with Gasteiger partial charge in [0.2, 0.25) is 0 Å². The number of benzene rings is 1. The first-order chi connectivity index (χ1) is 15.1. The molecular formula is C20H19F4N5O2S. The first kappa shape index (κ1) is 22.2. The van der Waals surface area contributed by atoms with Gasteiger partial charge in [0.15, 0.2) is 5.03 Å². The number of alkyl halides is 3. The van der Waals surface area contributed by atoms with E-state index in [0.29, 0.717) is 0 Å². The van der Waals surface area contributed by atoms with Crippen LogP contribution in [0.4, 0.5) is 23.4 Å². The number of hydrogen-bond acceptors (Lipinski definition) is 5. The van der Waals surface area contributed by atoms with Crippen LogP contribution in [0.5, 0.6) is 0 Å². The minimum absolute atomic E-state index is 0.0729. The number of halogens is 4. The Hall–Kier alpha value is -2.99. The summed E-state index contributed by atoms with van der Waals surface area (Å²) in [5.41, 5.74) is -0.823. The van der Waals surface area contributed by atoms with Crippen LogP contribution in [0.3, 0.4) is 0 Å². The van der Waals surface area contributed by atoms with E-state index in [1.807, 2.05) is 0 Å². The van der Waals surface area contributed by atoms with Gasteiger partial charge in [-0.1, -0.05) is 24.3 Å². The molecule has 1 aliphatic heterocycles. The monoisotopic (exact) mass is 469 g/mol. The molecule has 0 unspecified atom stereocenters. The van der Waals surface area contributed by atoms with Crippen LogP contribution in [0.15, 0.2) is 60.0 Å². The van der Waals surface area contributed by atoms with E-state index in [0.717, 1.165) is 10.4 Å². The fourth-order valence-corrected chi connectivity index (χ4v) is 5.18. The van der Waals surface area contributed by atoms with Crippen molar-refractivity contribution in [3.8, 4) is 0 Å². The second kappa shape index (κ2) is 8.17. The minimum atomic E-state index is -4.63. The zero-order valence-electron chi connectivity index (χ0n) is 16.8. The Morgan fingerprint density at radius 2 is 1.84 bits per heavy atom. The maximum Gasteiger partial charge on any atom is 0.433 e. The molecular weight excluding hydrogens is 450 g/mol. The smallest absolute Gasteiger partial charge is 0.365 e. The molecule has 0 aliphatic carbocycles. The molecule has 1 aromatic carbocycles. The lowest BCUT2D eigenvalue weighted by molar-refractivity contribution is -0.141. The van der Waals surface area contributed by atoms with Crippen molar-refractivity contribution < 1.29 is 26.0 Å². The summed E-state index contributed by atoms with van der Waals surface area (Å²) in [6, 6.07) is 8.58. The van der Waals surface area contributed by atoms with Gasteiger partial charge in [-0.15, -0.1) is 0 Å². The van der Waals surface area contributed by atoms with Crippen LogP contribution in [0.25, 0.3) is 0 Å². The fraction of sp³-hybridized carbons (Fsp3) is 0.300. The summed E-state index contributed by atoms with van der Waals surface area (Å²) in [6.07, 6.45) is -1.94.